The number of rotatable bonds is 35. The van der Waals surface area contributed by atoms with Crippen molar-refractivity contribution in [2.45, 2.75) is 153 Å². The smallest absolute Gasteiger partial charge is 0.0700 e. The van der Waals surface area contributed by atoms with Gasteiger partial charge in [-0.15, -0.1) is 0 Å². The molecule has 0 radical (unpaired) electrons. The zero-order chi connectivity index (χ0) is 54.3. The molecule has 0 fully saturated rings. The summed E-state index contributed by atoms with van der Waals surface area (Å²) in [5.74, 6) is 0. The van der Waals surface area contributed by atoms with Gasteiger partial charge in [-0.05, 0) is 38.5 Å². The van der Waals surface area contributed by atoms with Crippen LogP contribution in [0.4, 0.5) is 0 Å². The lowest BCUT2D eigenvalue weighted by atomic mass is 10.4. The third kappa shape index (κ3) is 59.3. The summed E-state index contributed by atoms with van der Waals surface area (Å²) in [4.78, 5) is 0. The Balaban J connectivity index is -0.000000802. The summed E-state index contributed by atoms with van der Waals surface area (Å²) in [5, 5.41) is 9.34. The molecule has 0 aromatic heterocycles. The van der Waals surface area contributed by atoms with Crippen LogP contribution in [0.25, 0.3) is 0 Å². The number of hydrogen-bond acceptors (Lipinski definition) is 6. The van der Waals surface area contributed by atoms with E-state index in [1.54, 1.807) is 20.7 Å². The first-order valence-corrected chi connectivity index (χ1v) is 55.3. The van der Waals surface area contributed by atoms with E-state index in [0.29, 0.717) is 0 Å². The van der Waals surface area contributed by atoms with Gasteiger partial charge in [-0.2, -0.15) is 0 Å². The molecule has 0 heterocycles. The molecule has 0 saturated heterocycles. The lowest BCUT2D eigenvalue weighted by molar-refractivity contribution is 0.0482. The molecule has 0 amide bonds. The van der Waals surface area contributed by atoms with E-state index >= 15 is 0 Å². The number of ether oxygens (including phenoxy) is 6. The van der Waals surface area contributed by atoms with Crippen LogP contribution in [-0.4, -0.2) is 194 Å². The average Bonchev–Trinajstić information content (AvgIpc) is 3.37. The summed E-state index contributed by atoms with van der Waals surface area (Å²) in [6.45, 7) is 38.7. The molecule has 0 atom stereocenters. The molecule has 3 rings (SSSR count). The van der Waals surface area contributed by atoms with Crippen LogP contribution in [0.1, 0.15) is 38.5 Å². The Morgan fingerprint density at radius 1 is 0.361 bits per heavy atom. The van der Waals surface area contributed by atoms with Crippen molar-refractivity contribution in [3.63, 3.8) is 0 Å². The molecule has 0 aliphatic rings. The minimum atomic E-state index is -0.565. The highest BCUT2D eigenvalue weighted by Gasteiger charge is 2.03. The van der Waals surface area contributed by atoms with Crippen molar-refractivity contribution in [1.29, 1.82) is 0 Å². The monoisotopic (exact) mass is 1200 g/mol. The highest BCUT2D eigenvalue weighted by atomic mass is 28.3. The lowest BCUT2D eigenvalue weighted by Gasteiger charge is -2.07. The lowest BCUT2D eigenvalue weighted by Crippen LogP contribution is -2.28. The molecule has 0 spiro atoms. The van der Waals surface area contributed by atoms with Crippen molar-refractivity contribution < 1.29 is 28.4 Å². The van der Waals surface area contributed by atoms with Crippen LogP contribution in [0.2, 0.25) is 115 Å². The van der Waals surface area contributed by atoms with Crippen LogP contribution in [0.3, 0.4) is 0 Å². The first-order valence-electron chi connectivity index (χ1n) is 29.4. The third-order valence-electron chi connectivity index (χ3n) is 11.7. The van der Waals surface area contributed by atoms with Crippen LogP contribution in [0.15, 0.2) is 72.8 Å². The van der Waals surface area contributed by atoms with E-state index in [2.05, 4.69) is 151 Å². The van der Waals surface area contributed by atoms with E-state index in [0.717, 1.165) is 79.3 Å². The molecule has 420 valence electrons. The number of hydrogen-bond donors (Lipinski definition) is 0. The largest absolute Gasteiger partial charge is 0.379 e. The molecule has 3 aromatic rings. The fourth-order valence-corrected chi connectivity index (χ4v) is 14.4. The molecular weight excluding hydrogens is 1080 g/mol. The zero-order valence-corrected chi connectivity index (χ0v) is 68.8. The van der Waals surface area contributed by atoms with Crippen LogP contribution < -0.4 is 31.1 Å². The van der Waals surface area contributed by atoms with Gasteiger partial charge in [-0.1, -0.05) is 219 Å². The van der Waals surface area contributed by atoms with E-state index in [4.69, 9.17) is 28.4 Å². The molecule has 18 heteroatoms. The van der Waals surface area contributed by atoms with Crippen LogP contribution in [0, 0.1) is 0 Å². The van der Waals surface area contributed by atoms with Gasteiger partial charge in [0.2, 0.25) is 0 Å². The standard InChI is InChI=1S/C12H30O2Si2.C10H26O2Si2.C10H18Si2.C8H22O2Si2.C8H14Si2.C6H10Si2/c1-15(2)11-5-7-13-9-10-14-8-6-12-16(3)4;1-13-9-3-5-11-7-8-12-6-4-10-14-2;1-11(2)9-5-7-10(8-6-9)12(3)4;11-7-1-3-9-5-6-10-4-2-8-12;1-9-7-3-5-8(10-2)6-4-7;7-5-1-2-6(8)4-3-5/h15-16H,5-12H2,1-4H3;3-10,13-14H2,1-2H3;5-8,11-12H,1-4H3;1-8H2,11-12H3;3-6H,9-10H2,1-2H3;1-4H,7-8H3. The predicted molar refractivity (Wildman–Crippen MR) is 371 cm³/mol. The Bertz CT molecular complexity index is 1370. The summed E-state index contributed by atoms with van der Waals surface area (Å²) in [6, 6.07) is 35.8. The first-order chi connectivity index (χ1) is 34.7. The molecule has 72 heavy (non-hydrogen) atoms. The second-order valence-corrected chi connectivity index (χ2v) is 44.0. The van der Waals surface area contributed by atoms with Gasteiger partial charge in [0.1, 0.15) is 0 Å². The minimum absolute atomic E-state index is 0.0831. The van der Waals surface area contributed by atoms with E-state index < -0.39 is 17.6 Å². The summed E-state index contributed by atoms with van der Waals surface area (Å²) >= 11 is 0. The average molecular weight is 1200 g/mol. The second kappa shape index (κ2) is 60.3. The summed E-state index contributed by atoms with van der Waals surface area (Å²) < 4.78 is 32.7. The minimum Gasteiger partial charge on any atom is -0.379 e. The van der Waals surface area contributed by atoms with Gasteiger partial charge in [0.05, 0.1) is 76.3 Å². The van der Waals surface area contributed by atoms with Crippen molar-refractivity contribution in [3.05, 3.63) is 72.8 Å². The fraction of sp³-hybridized carbons (Fsp3) is 0.667. The molecule has 0 aliphatic heterocycles. The molecule has 0 aliphatic carbocycles. The van der Waals surface area contributed by atoms with Crippen molar-refractivity contribution in [2.75, 3.05) is 79.3 Å². The quantitative estimate of drug-likeness (QED) is 0.0656. The maximum atomic E-state index is 5.52. The Kier molecular flexibility index (Phi) is 63.8. The topological polar surface area (TPSA) is 55.4 Å². The summed E-state index contributed by atoms with van der Waals surface area (Å²) in [5.41, 5.74) is 0. The third-order valence-corrected chi connectivity index (χ3v) is 26.0. The molecule has 0 unspecified atom stereocenters. The van der Waals surface area contributed by atoms with Gasteiger partial charge in [0.15, 0.2) is 0 Å². The Labute approximate surface area is 475 Å². The predicted octanol–water partition coefficient (Wildman–Crippen LogP) is 1.32. The Morgan fingerprint density at radius 2 is 0.625 bits per heavy atom. The molecule has 6 nitrogen and oxygen atoms in total. The molecule has 0 N–H and O–H groups in total. The molecule has 3 aromatic carbocycles. The van der Waals surface area contributed by atoms with Crippen molar-refractivity contribution >= 4 is 145 Å². The Hall–Kier alpha value is 0.0226. The highest BCUT2D eigenvalue weighted by Crippen LogP contribution is 1.99. The summed E-state index contributed by atoms with van der Waals surface area (Å²) in [7, 11) is 3.80. The van der Waals surface area contributed by atoms with Gasteiger partial charge < -0.3 is 28.4 Å². The highest BCUT2D eigenvalue weighted by molar-refractivity contribution is 6.72. The van der Waals surface area contributed by atoms with Gasteiger partial charge in [-0.3, -0.25) is 0 Å². The van der Waals surface area contributed by atoms with Crippen LogP contribution >= 0.6 is 0 Å². The Morgan fingerprint density at radius 3 is 0.847 bits per heavy atom. The summed E-state index contributed by atoms with van der Waals surface area (Å²) in [6.07, 6.45) is 7.44. The maximum absolute atomic E-state index is 5.52. The van der Waals surface area contributed by atoms with Gasteiger partial charge >= 0.3 is 0 Å². The van der Waals surface area contributed by atoms with Crippen molar-refractivity contribution in [3.8, 4) is 0 Å². The van der Waals surface area contributed by atoms with Gasteiger partial charge in [-0.25, -0.2) is 0 Å². The normalized spacial score (nSPS) is 11.5. The number of benzene rings is 3. The van der Waals surface area contributed by atoms with E-state index in [1.165, 1.54) is 126 Å². The van der Waals surface area contributed by atoms with E-state index in [9.17, 15) is 0 Å². The molecule has 0 saturated carbocycles. The fourth-order valence-electron chi connectivity index (χ4n) is 6.47. The SMILES string of the molecule is C[SiH2]CCCOCCOCCC[SiH2]C.C[SiH2]c1ccc([SiH2]C)cc1.C[SiH](C)CCCOCCOCCC[SiH](C)C.C[SiH](C)c1ccc([SiH](C)C)cc1.[SiH3]CCCOCCOCCC[SiH3].[SiH3]c1ccc([SiH3])cc1. The van der Waals surface area contributed by atoms with Crippen molar-refractivity contribution in [2.24, 2.45) is 0 Å². The molecular formula is C54H120O6Si12. The van der Waals surface area contributed by atoms with E-state index in [1.807, 2.05) is 0 Å². The van der Waals surface area contributed by atoms with Gasteiger partial charge in [0, 0.05) is 117 Å². The first kappa shape index (κ1) is 76.3. The van der Waals surface area contributed by atoms with E-state index in [-0.39, 0.29) is 55.7 Å². The van der Waals surface area contributed by atoms with Crippen LogP contribution in [-0.2, 0) is 28.4 Å². The molecule has 0 bridgehead atoms. The van der Waals surface area contributed by atoms with Gasteiger partial charge in [0.25, 0.3) is 0 Å². The zero-order valence-electron chi connectivity index (χ0n) is 50.5. The second-order valence-electron chi connectivity index (χ2n) is 20.5. The van der Waals surface area contributed by atoms with Crippen LogP contribution in [0.5, 0.6) is 0 Å². The van der Waals surface area contributed by atoms with Crippen molar-refractivity contribution in [1.82, 2.24) is 0 Å². The maximum Gasteiger partial charge on any atom is 0.0700 e.